The highest BCUT2D eigenvalue weighted by Gasteiger charge is 2.31. The number of benzene rings is 1. The van der Waals surface area contributed by atoms with Crippen molar-refractivity contribution < 1.29 is 35.8 Å². The fourth-order valence-electron chi connectivity index (χ4n) is 0.870. The van der Waals surface area contributed by atoms with Gasteiger partial charge in [0.1, 0.15) is 5.75 Å². The maximum Gasteiger partial charge on any atom is 0.573 e. The zero-order valence-electron chi connectivity index (χ0n) is 7.39. The Hall–Kier alpha value is -1.60. The Kier molecular flexibility index (Phi) is 3.51. The maximum atomic E-state index is 12.9. The molecule has 0 saturated carbocycles. The van der Waals surface area contributed by atoms with Crippen LogP contribution in [0.4, 0.5) is 26.3 Å². The van der Waals surface area contributed by atoms with Gasteiger partial charge in [-0.25, -0.2) is 4.39 Å². The van der Waals surface area contributed by atoms with E-state index in [0.717, 1.165) is 0 Å². The molecule has 0 heterocycles. The summed E-state index contributed by atoms with van der Waals surface area (Å²) in [6, 6.07) is 1.57. The predicted octanol–water partition coefficient (Wildman–Crippen LogP) is 3.33. The SMILES string of the molecule is Fc1cc(OC(F)(F)F)ccc1OC(F)F. The van der Waals surface area contributed by atoms with Crippen molar-refractivity contribution >= 4 is 0 Å². The average Bonchev–Trinajstić information content (AvgIpc) is 2.06. The van der Waals surface area contributed by atoms with Crippen LogP contribution in [-0.4, -0.2) is 13.0 Å². The van der Waals surface area contributed by atoms with Crippen molar-refractivity contribution in [1.29, 1.82) is 0 Å². The zero-order chi connectivity index (χ0) is 12.3. The van der Waals surface area contributed by atoms with Gasteiger partial charge in [-0.2, -0.15) is 8.78 Å². The van der Waals surface area contributed by atoms with E-state index in [2.05, 4.69) is 9.47 Å². The molecule has 0 saturated heterocycles. The van der Waals surface area contributed by atoms with Gasteiger partial charge in [0.05, 0.1) is 0 Å². The highest BCUT2D eigenvalue weighted by molar-refractivity contribution is 5.33. The molecule has 0 aliphatic carbocycles. The summed E-state index contributed by atoms with van der Waals surface area (Å²) in [5, 5.41) is 0. The summed E-state index contributed by atoms with van der Waals surface area (Å²) in [7, 11) is 0. The van der Waals surface area contributed by atoms with Crippen LogP contribution in [0.5, 0.6) is 11.5 Å². The van der Waals surface area contributed by atoms with Gasteiger partial charge in [0, 0.05) is 6.07 Å². The van der Waals surface area contributed by atoms with Gasteiger partial charge >= 0.3 is 13.0 Å². The first-order valence-electron chi connectivity index (χ1n) is 3.78. The fraction of sp³-hybridized carbons (Fsp3) is 0.250. The number of hydrogen-bond acceptors (Lipinski definition) is 2. The fourth-order valence-corrected chi connectivity index (χ4v) is 0.870. The highest BCUT2D eigenvalue weighted by atomic mass is 19.4. The van der Waals surface area contributed by atoms with Crippen molar-refractivity contribution in [3.63, 3.8) is 0 Å². The van der Waals surface area contributed by atoms with Crippen LogP contribution in [0.2, 0.25) is 0 Å². The van der Waals surface area contributed by atoms with Crippen molar-refractivity contribution in [3.8, 4) is 11.5 Å². The van der Waals surface area contributed by atoms with Crippen LogP contribution in [0.1, 0.15) is 0 Å². The third kappa shape index (κ3) is 3.87. The summed E-state index contributed by atoms with van der Waals surface area (Å²) < 4.78 is 78.3. The van der Waals surface area contributed by atoms with Gasteiger partial charge in [-0.1, -0.05) is 0 Å². The number of halogens is 6. The van der Waals surface area contributed by atoms with Gasteiger partial charge in [-0.3, -0.25) is 0 Å². The van der Waals surface area contributed by atoms with Crippen molar-refractivity contribution in [3.05, 3.63) is 24.0 Å². The maximum absolute atomic E-state index is 12.9. The Morgan fingerprint density at radius 2 is 1.75 bits per heavy atom. The van der Waals surface area contributed by atoms with Crippen LogP contribution < -0.4 is 9.47 Å². The van der Waals surface area contributed by atoms with Crippen molar-refractivity contribution in [2.45, 2.75) is 13.0 Å². The van der Waals surface area contributed by atoms with Gasteiger partial charge in [-0.05, 0) is 12.1 Å². The van der Waals surface area contributed by atoms with Crippen molar-refractivity contribution in [2.24, 2.45) is 0 Å². The molecule has 0 N–H and O–H groups in total. The standard InChI is InChI=1S/C8H4F6O2/c9-5-3-4(16-8(12,13)14)1-2-6(5)15-7(10)11/h1-3,7H. The molecule has 0 bridgehead atoms. The molecular weight excluding hydrogens is 242 g/mol. The molecule has 1 aromatic carbocycles. The average molecular weight is 246 g/mol. The van der Waals surface area contributed by atoms with E-state index in [-0.39, 0.29) is 0 Å². The third-order valence-corrected chi connectivity index (χ3v) is 1.35. The lowest BCUT2D eigenvalue weighted by atomic mass is 10.3. The van der Waals surface area contributed by atoms with Crippen molar-refractivity contribution in [1.82, 2.24) is 0 Å². The molecular formula is C8H4F6O2. The molecule has 1 aromatic rings. The van der Waals surface area contributed by atoms with Gasteiger partial charge in [0.25, 0.3) is 0 Å². The molecule has 2 nitrogen and oxygen atoms in total. The van der Waals surface area contributed by atoms with Crippen LogP contribution >= 0.6 is 0 Å². The topological polar surface area (TPSA) is 18.5 Å². The molecule has 0 atom stereocenters. The summed E-state index contributed by atoms with van der Waals surface area (Å²) in [5.74, 6) is -3.09. The highest BCUT2D eigenvalue weighted by Crippen LogP contribution is 2.28. The van der Waals surface area contributed by atoms with Gasteiger partial charge in [0.2, 0.25) is 0 Å². The van der Waals surface area contributed by atoms with Crippen LogP contribution in [0, 0.1) is 5.82 Å². The predicted molar refractivity (Wildman–Crippen MR) is 39.7 cm³/mol. The second-order valence-corrected chi connectivity index (χ2v) is 2.52. The lowest BCUT2D eigenvalue weighted by Gasteiger charge is -2.10. The first-order valence-corrected chi connectivity index (χ1v) is 3.78. The Morgan fingerprint density at radius 3 is 2.19 bits per heavy atom. The minimum absolute atomic E-state index is 0.297. The first kappa shape index (κ1) is 12.5. The van der Waals surface area contributed by atoms with E-state index in [9.17, 15) is 26.3 Å². The van der Waals surface area contributed by atoms with Gasteiger partial charge < -0.3 is 9.47 Å². The lowest BCUT2D eigenvalue weighted by molar-refractivity contribution is -0.274. The zero-order valence-corrected chi connectivity index (χ0v) is 7.39. The van der Waals surface area contributed by atoms with E-state index in [4.69, 9.17) is 0 Å². The van der Waals surface area contributed by atoms with E-state index in [1.807, 2.05) is 0 Å². The second kappa shape index (κ2) is 4.50. The van der Waals surface area contributed by atoms with Crippen LogP contribution in [-0.2, 0) is 0 Å². The third-order valence-electron chi connectivity index (χ3n) is 1.35. The summed E-state index contributed by atoms with van der Waals surface area (Å²) in [6.45, 7) is -3.26. The number of hydrogen-bond donors (Lipinski definition) is 0. The van der Waals surface area contributed by atoms with Crippen LogP contribution in [0.15, 0.2) is 18.2 Å². The van der Waals surface area contributed by atoms with Crippen LogP contribution in [0.25, 0.3) is 0 Å². The van der Waals surface area contributed by atoms with E-state index in [0.29, 0.717) is 18.2 Å². The molecule has 90 valence electrons. The normalized spacial score (nSPS) is 11.7. The molecule has 1 rings (SSSR count). The van der Waals surface area contributed by atoms with E-state index in [1.165, 1.54) is 0 Å². The first-order chi connectivity index (χ1) is 7.28. The minimum atomic E-state index is -4.97. The molecule has 0 radical (unpaired) electrons. The summed E-state index contributed by atoms with van der Waals surface area (Å²) in [6.07, 6.45) is -4.97. The molecule has 0 aliphatic heterocycles. The Bertz CT molecular complexity index is 362. The Morgan fingerprint density at radius 1 is 1.12 bits per heavy atom. The Balaban J connectivity index is 2.83. The summed E-state index contributed by atoms with van der Waals surface area (Å²) in [4.78, 5) is 0. The Labute approximate surface area is 85.4 Å². The quantitative estimate of drug-likeness (QED) is 0.761. The molecule has 0 spiro atoms. The minimum Gasteiger partial charge on any atom is -0.432 e. The van der Waals surface area contributed by atoms with E-state index >= 15 is 0 Å². The monoisotopic (exact) mass is 246 g/mol. The molecule has 0 aromatic heterocycles. The summed E-state index contributed by atoms with van der Waals surface area (Å²) in [5.41, 5.74) is 0. The van der Waals surface area contributed by atoms with Crippen LogP contribution in [0.3, 0.4) is 0 Å². The molecule has 16 heavy (non-hydrogen) atoms. The lowest BCUT2D eigenvalue weighted by Crippen LogP contribution is -2.17. The van der Waals surface area contributed by atoms with Gasteiger partial charge in [0.15, 0.2) is 11.6 Å². The number of alkyl halides is 5. The molecule has 8 heteroatoms. The van der Waals surface area contributed by atoms with E-state index in [1.54, 1.807) is 0 Å². The molecule has 0 fully saturated rings. The van der Waals surface area contributed by atoms with Crippen molar-refractivity contribution in [2.75, 3.05) is 0 Å². The molecule has 0 aliphatic rings. The molecule has 0 amide bonds. The smallest absolute Gasteiger partial charge is 0.432 e. The number of rotatable bonds is 3. The summed E-state index contributed by atoms with van der Waals surface area (Å²) >= 11 is 0. The largest absolute Gasteiger partial charge is 0.573 e. The second-order valence-electron chi connectivity index (χ2n) is 2.52. The van der Waals surface area contributed by atoms with E-state index < -0.39 is 30.3 Å². The van der Waals surface area contributed by atoms with Gasteiger partial charge in [-0.15, -0.1) is 13.2 Å². The molecule has 0 unspecified atom stereocenters. The number of ether oxygens (including phenoxy) is 2.